The van der Waals surface area contributed by atoms with Crippen LogP contribution in [0.2, 0.25) is 5.02 Å². The molecular formula is C18H23ClN4O. The Labute approximate surface area is 147 Å². The number of carbonyl (C=O) groups is 1. The van der Waals surface area contributed by atoms with E-state index in [1.807, 2.05) is 60.9 Å². The van der Waals surface area contributed by atoms with Gasteiger partial charge < -0.3 is 10.2 Å². The van der Waals surface area contributed by atoms with Crippen LogP contribution in [0.1, 0.15) is 48.7 Å². The second-order valence-electron chi connectivity index (χ2n) is 6.35. The van der Waals surface area contributed by atoms with Crippen molar-refractivity contribution < 1.29 is 4.79 Å². The van der Waals surface area contributed by atoms with E-state index in [9.17, 15) is 4.79 Å². The summed E-state index contributed by atoms with van der Waals surface area (Å²) in [6.07, 6.45) is 3.75. The van der Waals surface area contributed by atoms with E-state index in [0.717, 1.165) is 41.2 Å². The largest absolute Gasteiger partial charge is 0.331 e. The molecule has 1 aliphatic rings. The molecule has 2 heterocycles. The minimum atomic E-state index is -0.0845. The second-order valence-corrected chi connectivity index (χ2v) is 6.76. The maximum Gasteiger partial charge on any atom is 0.318 e. The standard InChI is InChI=1S/C18H23ClN4O/c1-12(15-11-20-22(3)13(15)2)21-18(24)23-10-6-9-17(23)14-7-4-5-8-16(14)19/h4-5,7-8,11-12,17H,6,9-10H2,1-3H3,(H,21,24)/t12-,17+/m0/s1. The molecule has 1 aromatic heterocycles. The first-order valence-electron chi connectivity index (χ1n) is 8.29. The average Bonchev–Trinajstić information content (AvgIpc) is 3.16. The van der Waals surface area contributed by atoms with Crippen molar-refractivity contribution in [2.24, 2.45) is 7.05 Å². The summed E-state index contributed by atoms with van der Waals surface area (Å²) >= 11 is 6.33. The lowest BCUT2D eigenvalue weighted by Crippen LogP contribution is -2.40. The van der Waals surface area contributed by atoms with Gasteiger partial charge in [0.2, 0.25) is 0 Å². The normalized spacial score (nSPS) is 18.7. The van der Waals surface area contributed by atoms with Crippen molar-refractivity contribution in [2.45, 2.75) is 38.8 Å². The maximum atomic E-state index is 12.8. The Hall–Kier alpha value is -2.01. The van der Waals surface area contributed by atoms with Crippen molar-refractivity contribution in [3.05, 3.63) is 52.3 Å². The quantitative estimate of drug-likeness (QED) is 0.913. The fraction of sp³-hybridized carbons (Fsp3) is 0.444. The summed E-state index contributed by atoms with van der Waals surface area (Å²) in [5, 5.41) is 8.07. The number of urea groups is 1. The van der Waals surface area contributed by atoms with Gasteiger partial charge in [0.1, 0.15) is 0 Å². The Bertz CT molecular complexity index is 742. The van der Waals surface area contributed by atoms with E-state index in [0.29, 0.717) is 0 Å². The van der Waals surface area contributed by atoms with Crippen LogP contribution >= 0.6 is 11.6 Å². The molecule has 0 unspecified atom stereocenters. The number of hydrogen-bond donors (Lipinski definition) is 1. The van der Waals surface area contributed by atoms with E-state index in [1.54, 1.807) is 0 Å². The van der Waals surface area contributed by atoms with Gasteiger partial charge in [-0.1, -0.05) is 29.8 Å². The molecule has 1 saturated heterocycles. The number of hydrogen-bond acceptors (Lipinski definition) is 2. The molecule has 1 aliphatic heterocycles. The molecule has 1 aromatic carbocycles. The zero-order chi connectivity index (χ0) is 17.3. The Kier molecular flexibility index (Phi) is 4.81. The van der Waals surface area contributed by atoms with Crippen molar-refractivity contribution in [2.75, 3.05) is 6.54 Å². The number of amides is 2. The minimum absolute atomic E-state index is 0.0425. The number of nitrogens with zero attached hydrogens (tertiary/aromatic N) is 3. The minimum Gasteiger partial charge on any atom is -0.331 e. The summed E-state index contributed by atoms with van der Waals surface area (Å²) in [7, 11) is 1.90. The monoisotopic (exact) mass is 346 g/mol. The van der Waals surface area contributed by atoms with Crippen molar-refractivity contribution in [3.63, 3.8) is 0 Å². The van der Waals surface area contributed by atoms with Gasteiger partial charge in [-0.25, -0.2) is 4.79 Å². The predicted octanol–water partition coefficient (Wildman–Crippen LogP) is 3.99. The van der Waals surface area contributed by atoms with Crippen LogP contribution in [0.5, 0.6) is 0 Å². The third-order valence-electron chi connectivity index (χ3n) is 4.86. The Balaban J connectivity index is 1.74. The smallest absolute Gasteiger partial charge is 0.318 e. The summed E-state index contributed by atoms with van der Waals surface area (Å²) in [6.45, 7) is 4.75. The molecule has 0 radical (unpaired) electrons. The van der Waals surface area contributed by atoms with Crippen molar-refractivity contribution in [1.82, 2.24) is 20.0 Å². The number of aryl methyl sites for hydroxylation is 1. The number of carbonyl (C=O) groups excluding carboxylic acids is 1. The van der Waals surface area contributed by atoms with Crippen molar-refractivity contribution in [3.8, 4) is 0 Å². The SMILES string of the molecule is Cc1c([C@H](C)NC(=O)N2CCC[C@@H]2c2ccccc2Cl)cnn1C. The molecule has 2 amide bonds. The first-order valence-corrected chi connectivity index (χ1v) is 8.67. The number of halogens is 1. The molecule has 3 rings (SSSR count). The summed E-state index contributed by atoms with van der Waals surface area (Å²) in [4.78, 5) is 14.7. The van der Waals surface area contributed by atoms with Crippen LogP contribution in [0, 0.1) is 6.92 Å². The molecule has 2 aromatic rings. The Morgan fingerprint density at radius 2 is 2.17 bits per heavy atom. The molecule has 0 saturated carbocycles. The van der Waals surface area contributed by atoms with Crippen LogP contribution in [0.15, 0.2) is 30.5 Å². The van der Waals surface area contributed by atoms with E-state index in [1.165, 1.54) is 0 Å². The number of benzene rings is 1. The van der Waals surface area contributed by atoms with Crippen LogP contribution in [-0.4, -0.2) is 27.3 Å². The molecular weight excluding hydrogens is 324 g/mol. The summed E-state index contributed by atoms with van der Waals surface area (Å²) in [6, 6.07) is 7.68. The summed E-state index contributed by atoms with van der Waals surface area (Å²) in [5.41, 5.74) is 3.13. The first kappa shape index (κ1) is 16.8. The van der Waals surface area contributed by atoms with Gasteiger partial charge >= 0.3 is 6.03 Å². The summed E-state index contributed by atoms with van der Waals surface area (Å²) in [5.74, 6) is 0. The van der Waals surface area contributed by atoms with Crippen molar-refractivity contribution >= 4 is 17.6 Å². The van der Waals surface area contributed by atoms with Gasteiger partial charge in [-0.05, 0) is 38.3 Å². The number of nitrogens with one attached hydrogen (secondary N) is 1. The highest BCUT2D eigenvalue weighted by Gasteiger charge is 2.32. The highest BCUT2D eigenvalue weighted by atomic mass is 35.5. The van der Waals surface area contributed by atoms with Crippen molar-refractivity contribution in [1.29, 1.82) is 0 Å². The van der Waals surface area contributed by atoms with Crippen LogP contribution in [-0.2, 0) is 7.05 Å². The van der Waals surface area contributed by atoms with E-state index >= 15 is 0 Å². The molecule has 0 spiro atoms. The predicted molar refractivity (Wildman–Crippen MR) is 95.0 cm³/mol. The molecule has 0 bridgehead atoms. The molecule has 1 N–H and O–H groups in total. The van der Waals surface area contributed by atoms with Gasteiger partial charge in [-0.3, -0.25) is 4.68 Å². The lowest BCUT2D eigenvalue weighted by molar-refractivity contribution is 0.189. The van der Waals surface area contributed by atoms with E-state index < -0.39 is 0 Å². The maximum absolute atomic E-state index is 12.8. The zero-order valence-corrected chi connectivity index (χ0v) is 15.0. The topological polar surface area (TPSA) is 50.2 Å². The van der Waals surface area contributed by atoms with Gasteiger partial charge in [0, 0.05) is 29.9 Å². The van der Waals surface area contributed by atoms with Gasteiger partial charge in [0.25, 0.3) is 0 Å². The van der Waals surface area contributed by atoms with Crippen LogP contribution < -0.4 is 5.32 Å². The molecule has 0 aliphatic carbocycles. The first-order chi connectivity index (χ1) is 11.5. The molecule has 1 fully saturated rings. The molecule has 2 atom stereocenters. The van der Waals surface area contributed by atoms with Gasteiger partial charge in [-0.2, -0.15) is 5.10 Å². The molecule has 5 nitrogen and oxygen atoms in total. The second kappa shape index (κ2) is 6.85. The molecule has 128 valence electrons. The number of likely N-dealkylation sites (tertiary alicyclic amines) is 1. The number of rotatable bonds is 3. The Morgan fingerprint density at radius 1 is 1.42 bits per heavy atom. The third-order valence-corrected chi connectivity index (χ3v) is 5.20. The van der Waals surface area contributed by atoms with Gasteiger partial charge in [-0.15, -0.1) is 0 Å². The fourth-order valence-electron chi connectivity index (χ4n) is 3.37. The zero-order valence-electron chi connectivity index (χ0n) is 14.3. The van der Waals surface area contributed by atoms with Gasteiger partial charge in [0.05, 0.1) is 18.3 Å². The van der Waals surface area contributed by atoms with E-state index in [2.05, 4.69) is 10.4 Å². The van der Waals surface area contributed by atoms with E-state index in [-0.39, 0.29) is 18.1 Å². The lowest BCUT2D eigenvalue weighted by atomic mass is 10.0. The van der Waals surface area contributed by atoms with Crippen LogP contribution in [0.4, 0.5) is 4.79 Å². The molecule has 24 heavy (non-hydrogen) atoms. The average molecular weight is 347 g/mol. The highest BCUT2D eigenvalue weighted by Crippen LogP contribution is 2.35. The molecule has 6 heteroatoms. The third kappa shape index (κ3) is 3.13. The Morgan fingerprint density at radius 3 is 2.83 bits per heavy atom. The van der Waals surface area contributed by atoms with E-state index in [4.69, 9.17) is 11.6 Å². The van der Waals surface area contributed by atoms with Crippen LogP contribution in [0.25, 0.3) is 0 Å². The van der Waals surface area contributed by atoms with Gasteiger partial charge in [0.15, 0.2) is 0 Å². The number of aromatic nitrogens is 2. The fourth-order valence-corrected chi connectivity index (χ4v) is 3.63. The van der Waals surface area contributed by atoms with Crippen LogP contribution in [0.3, 0.4) is 0 Å². The highest BCUT2D eigenvalue weighted by molar-refractivity contribution is 6.31. The lowest BCUT2D eigenvalue weighted by Gasteiger charge is -2.27. The summed E-state index contributed by atoms with van der Waals surface area (Å²) < 4.78 is 1.82.